The summed E-state index contributed by atoms with van der Waals surface area (Å²) >= 11 is 1.43. The van der Waals surface area contributed by atoms with Crippen LogP contribution in [-0.2, 0) is 7.05 Å². The highest BCUT2D eigenvalue weighted by atomic mass is 32.1. The van der Waals surface area contributed by atoms with Gasteiger partial charge in [0.15, 0.2) is 5.01 Å². The number of amides is 1. The molecule has 0 spiro atoms. The number of aryl methyl sites for hydroxylation is 1. The largest absolute Gasteiger partial charge is 0.350 e. The number of benzene rings is 2. The van der Waals surface area contributed by atoms with E-state index in [4.69, 9.17) is 0 Å². The lowest BCUT2D eigenvalue weighted by Gasteiger charge is -2.31. The van der Waals surface area contributed by atoms with Gasteiger partial charge in [-0.2, -0.15) is 5.10 Å². The molecule has 2 aromatic carbocycles. The Bertz CT molecular complexity index is 1240. The molecule has 1 saturated heterocycles. The predicted molar refractivity (Wildman–Crippen MR) is 116 cm³/mol. The van der Waals surface area contributed by atoms with Crippen LogP contribution in [0.5, 0.6) is 0 Å². The van der Waals surface area contributed by atoms with Gasteiger partial charge in [-0.3, -0.25) is 4.79 Å². The van der Waals surface area contributed by atoms with E-state index >= 15 is 0 Å². The molecule has 1 fully saturated rings. The lowest BCUT2D eigenvalue weighted by Crippen LogP contribution is -2.40. The van der Waals surface area contributed by atoms with Crippen LogP contribution in [0.3, 0.4) is 0 Å². The molecule has 0 saturated carbocycles. The van der Waals surface area contributed by atoms with Crippen molar-refractivity contribution in [2.75, 3.05) is 13.1 Å². The average Bonchev–Trinajstić information content (AvgIpc) is 3.35. The van der Waals surface area contributed by atoms with Crippen molar-refractivity contribution in [3.8, 4) is 5.69 Å². The minimum atomic E-state index is -0.175. The van der Waals surface area contributed by atoms with Crippen LogP contribution in [-0.4, -0.2) is 43.2 Å². The van der Waals surface area contributed by atoms with Crippen LogP contribution in [0.15, 0.2) is 59.4 Å². The fourth-order valence-electron chi connectivity index (χ4n) is 4.04. The van der Waals surface area contributed by atoms with E-state index in [0.29, 0.717) is 23.9 Å². The zero-order valence-electron chi connectivity index (χ0n) is 16.6. The van der Waals surface area contributed by atoms with E-state index in [1.54, 1.807) is 11.6 Å². The summed E-state index contributed by atoms with van der Waals surface area (Å²) in [5, 5.41) is 5.04. The summed E-state index contributed by atoms with van der Waals surface area (Å²) in [5.41, 5.74) is 1.47. The van der Waals surface area contributed by atoms with E-state index in [-0.39, 0.29) is 17.5 Å². The zero-order valence-corrected chi connectivity index (χ0v) is 17.4. The lowest BCUT2D eigenvalue weighted by atomic mass is 9.97. The fourth-order valence-corrected chi connectivity index (χ4v) is 4.97. The molecule has 8 heteroatoms. The Kier molecular flexibility index (Phi) is 4.71. The van der Waals surface area contributed by atoms with Crippen molar-refractivity contribution in [1.29, 1.82) is 0 Å². The van der Waals surface area contributed by atoms with Gasteiger partial charge in [-0.25, -0.2) is 19.0 Å². The maximum atomic E-state index is 13.2. The topological polar surface area (TPSA) is 73.0 Å². The molecule has 3 heterocycles. The molecule has 152 valence electrons. The van der Waals surface area contributed by atoms with E-state index in [9.17, 15) is 9.59 Å². The minimum absolute atomic E-state index is 0.00816. The first kappa shape index (κ1) is 18.7. The molecule has 0 N–H and O–H groups in total. The molecule has 0 aliphatic carbocycles. The molecule has 1 aliphatic rings. The molecular weight excluding hydrogens is 398 g/mol. The highest BCUT2D eigenvalue weighted by Gasteiger charge is 2.31. The van der Waals surface area contributed by atoms with Crippen molar-refractivity contribution in [2.24, 2.45) is 7.05 Å². The summed E-state index contributed by atoms with van der Waals surface area (Å²) in [6, 6.07) is 17.3. The number of thiazole rings is 1. The van der Waals surface area contributed by atoms with Crippen molar-refractivity contribution in [1.82, 2.24) is 24.2 Å². The number of piperidine rings is 1. The van der Waals surface area contributed by atoms with Gasteiger partial charge in [0, 0.05) is 26.1 Å². The molecule has 4 aromatic rings. The number of nitrogens with zero attached hydrogens (tertiary/aromatic N) is 5. The van der Waals surface area contributed by atoms with Crippen molar-refractivity contribution in [3.05, 3.63) is 75.9 Å². The molecule has 30 heavy (non-hydrogen) atoms. The van der Waals surface area contributed by atoms with Crippen molar-refractivity contribution >= 4 is 27.5 Å². The standard InChI is InChI=1S/C22H21N5O2S/c1-25-22(29)27(16-9-3-2-4-10-16)19(24-25)15-8-7-13-26(14-15)21(28)20-23-17-11-5-6-12-18(17)30-20/h2-6,9-12,15H,7-8,13-14H2,1H3/t15-/m1/s1. The Morgan fingerprint density at radius 3 is 2.67 bits per heavy atom. The molecule has 0 radical (unpaired) electrons. The monoisotopic (exact) mass is 419 g/mol. The van der Waals surface area contributed by atoms with Crippen LogP contribution in [0.25, 0.3) is 15.9 Å². The van der Waals surface area contributed by atoms with Gasteiger partial charge in [-0.1, -0.05) is 30.3 Å². The highest BCUT2D eigenvalue weighted by molar-refractivity contribution is 7.20. The third kappa shape index (κ3) is 3.23. The number of hydrogen-bond acceptors (Lipinski definition) is 5. The molecule has 1 atom stereocenters. The van der Waals surface area contributed by atoms with E-state index in [2.05, 4.69) is 10.1 Å². The quantitative estimate of drug-likeness (QED) is 0.511. The van der Waals surface area contributed by atoms with E-state index in [1.165, 1.54) is 16.0 Å². The first-order chi connectivity index (χ1) is 14.6. The van der Waals surface area contributed by atoms with Crippen molar-refractivity contribution in [3.63, 3.8) is 0 Å². The van der Waals surface area contributed by atoms with Crippen LogP contribution < -0.4 is 5.69 Å². The SMILES string of the molecule is Cn1nc([C@@H]2CCCN(C(=O)c3nc4ccccc4s3)C2)n(-c2ccccc2)c1=O. The Labute approximate surface area is 177 Å². The predicted octanol–water partition coefficient (Wildman–Crippen LogP) is 3.20. The Balaban J connectivity index is 1.46. The van der Waals surface area contributed by atoms with Crippen molar-refractivity contribution < 1.29 is 4.79 Å². The van der Waals surface area contributed by atoms with Crippen LogP contribution in [0.1, 0.15) is 34.4 Å². The number of carbonyl (C=O) groups excluding carboxylic acids is 1. The molecular formula is C22H21N5O2S. The number of likely N-dealkylation sites (tertiary alicyclic amines) is 1. The van der Waals surface area contributed by atoms with Gasteiger partial charge in [-0.15, -0.1) is 11.3 Å². The van der Waals surface area contributed by atoms with Gasteiger partial charge in [0.1, 0.15) is 5.82 Å². The number of carbonyl (C=O) groups is 1. The zero-order chi connectivity index (χ0) is 20.7. The lowest BCUT2D eigenvalue weighted by molar-refractivity contribution is 0.0703. The molecule has 1 amide bonds. The van der Waals surface area contributed by atoms with Gasteiger partial charge in [0.25, 0.3) is 5.91 Å². The van der Waals surface area contributed by atoms with Crippen LogP contribution >= 0.6 is 11.3 Å². The normalized spacial score (nSPS) is 16.8. The van der Waals surface area contributed by atoms with E-state index < -0.39 is 0 Å². The average molecular weight is 420 g/mol. The Morgan fingerprint density at radius 1 is 1.10 bits per heavy atom. The number of fused-ring (bicyclic) bond motifs is 1. The fraction of sp³-hybridized carbons (Fsp3) is 0.273. The van der Waals surface area contributed by atoms with Gasteiger partial charge in [-0.05, 0) is 37.1 Å². The van der Waals surface area contributed by atoms with Crippen molar-refractivity contribution in [2.45, 2.75) is 18.8 Å². The Hall–Kier alpha value is -3.26. The van der Waals surface area contributed by atoms with E-state index in [0.717, 1.165) is 28.7 Å². The van der Waals surface area contributed by atoms with Crippen LogP contribution in [0, 0.1) is 0 Å². The van der Waals surface area contributed by atoms with Crippen LogP contribution in [0.2, 0.25) is 0 Å². The summed E-state index contributed by atoms with van der Waals surface area (Å²) < 4.78 is 4.05. The molecule has 0 unspecified atom stereocenters. The van der Waals surface area contributed by atoms with E-state index in [1.807, 2.05) is 59.5 Å². The molecule has 0 bridgehead atoms. The molecule has 7 nitrogen and oxygen atoms in total. The molecule has 1 aliphatic heterocycles. The number of aromatic nitrogens is 4. The second-order valence-corrected chi connectivity index (χ2v) is 8.54. The van der Waals surface area contributed by atoms with Gasteiger partial charge >= 0.3 is 5.69 Å². The third-order valence-corrected chi connectivity index (χ3v) is 6.54. The highest BCUT2D eigenvalue weighted by Crippen LogP contribution is 2.29. The smallest absolute Gasteiger partial charge is 0.336 e. The summed E-state index contributed by atoms with van der Waals surface area (Å²) in [4.78, 5) is 32.3. The van der Waals surface area contributed by atoms with Gasteiger partial charge in [0.05, 0.1) is 15.9 Å². The number of para-hydroxylation sites is 2. The minimum Gasteiger partial charge on any atom is -0.336 e. The Morgan fingerprint density at radius 2 is 1.87 bits per heavy atom. The molecule has 5 rings (SSSR count). The maximum absolute atomic E-state index is 13.2. The molecule has 2 aromatic heterocycles. The summed E-state index contributed by atoms with van der Waals surface area (Å²) in [6.45, 7) is 1.21. The van der Waals surface area contributed by atoms with Gasteiger partial charge < -0.3 is 4.90 Å². The first-order valence-corrected chi connectivity index (χ1v) is 10.8. The second kappa shape index (κ2) is 7.53. The number of hydrogen-bond donors (Lipinski definition) is 0. The second-order valence-electron chi connectivity index (χ2n) is 7.51. The van der Waals surface area contributed by atoms with Crippen LogP contribution in [0.4, 0.5) is 0 Å². The first-order valence-electron chi connectivity index (χ1n) is 9.98. The summed E-state index contributed by atoms with van der Waals surface area (Å²) in [7, 11) is 1.66. The third-order valence-electron chi connectivity index (χ3n) is 5.51. The maximum Gasteiger partial charge on any atom is 0.350 e. The van der Waals surface area contributed by atoms with Gasteiger partial charge in [0.2, 0.25) is 0 Å². The summed E-state index contributed by atoms with van der Waals surface area (Å²) in [5.74, 6) is 0.645. The number of rotatable bonds is 3. The summed E-state index contributed by atoms with van der Waals surface area (Å²) in [6.07, 6.45) is 1.74.